The summed E-state index contributed by atoms with van der Waals surface area (Å²) >= 11 is 7.56. The van der Waals surface area contributed by atoms with Gasteiger partial charge in [0.2, 0.25) is 5.91 Å². The molecule has 0 bridgehead atoms. The summed E-state index contributed by atoms with van der Waals surface area (Å²) in [6, 6.07) is 8.19. The van der Waals surface area contributed by atoms with Gasteiger partial charge in [-0.15, -0.1) is 11.8 Å². The molecular weight excluding hydrogens is 278 g/mol. The van der Waals surface area contributed by atoms with E-state index in [4.69, 9.17) is 11.6 Å². The van der Waals surface area contributed by atoms with Gasteiger partial charge in [-0.2, -0.15) is 0 Å². The number of likely N-dealkylation sites (tertiary alicyclic amines) is 1. The number of piperidine rings is 1. The Labute approximate surface area is 124 Å². The van der Waals surface area contributed by atoms with Crippen molar-refractivity contribution in [3.05, 3.63) is 29.3 Å². The smallest absolute Gasteiger partial charge is 0.223 e. The molecule has 0 spiro atoms. The van der Waals surface area contributed by atoms with Gasteiger partial charge < -0.3 is 4.90 Å². The Kier molecular flexibility index (Phi) is 5.59. The molecule has 19 heavy (non-hydrogen) atoms. The van der Waals surface area contributed by atoms with Crippen molar-refractivity contribution in [1.82, 2.24) is 4.90 Å². The Bertz CT molecular complexity index is 421. The molecule has 1 aliphatic rings. The first-order chi connectivity index (χ1) is 9.16. The van der Waals surface area contributed by atoms with Crippen LogP contribution in [-0.2, 0) is 4.79 Å². The topological polar surface area (TPSA) is 20.3 Å². The molecule has 1 amide bonds. The number of rotatable bonds is 4. The van der Waals surface area contributed by atoms with Crippen LogP contribution in [0.1, 0.15) is 32.6 Å². The normalized spacial score (nSPS) is 19.5. The molecular formula is C15H20ClNOS. The fourth-order valence-corrected chi connectivity index (χ4v) is 3.37. The van der Waals surface area contributed by atoms with E-state index < -0.39 is 0 Å². The first-order valence-electron chi connectivity index (χ1n) is 6.84. The third kappa shape index (κ3) is 4.43. The summed E-state index contributed by atoms with van der Waals surface area (Å²) < 4.78 is 0. The molecule has 0 aliphatic carbocycles. The number of hydrogen-bond donors (Lipinski definition) is 0. The van der Waals surface area contributed by atoms with Crippen molar-refractivity contribution in [2.75, 3.05) is 12.3 Å². The van der Waals surface area contributed by atoms with Crippen LogP contribution >= 0.6 is 23.4 Å². The monoisotopic (exact) mass is 297 g/mol. The Balaban J connectivity index is 1.75. The van der Waals surface area contributed by atoms with Gasteiger partial charge >= 0.3 is 0 Å². The van der Waals surface area contributed by atoms with Gasteiger partial charge in [-0.1, -0.05) is 11.6 Å². The van der Waals surface area contributed by atoms with Crippen LogP contribution in [0.3, 0.4) is 0 Å². The average Bonchev–Trinajstić information content (AvgIpc) is 2.41. The van der Waals surface area contributed by atoms with E-state index in [9.17, 15) is 4.79 Å². The minimum Gasteiger partial charge on any atom is -0.340 e. The number of amides is 1. The minimum atomic E-state index is 0.300. The molecule has 4 heteroatoms. The van der Waals surface area contributed by atoms with E-state index in [-0.39, 0.29) is 0 Å². The van der Waals surface area contributed by atoms with Crippen molar-refractivity contribution in [3.63, 3.8) is 0 Å². The molecule has 1 fully saturated rings. The molecule has 1 aromatic rings. The number of halogens is 1. The second kappa shape index (κ2) is 7.20. The molecule has 1 aliphatic heterocycles. The lowest BCUT2D eigenvalue weighted by Crippen LogP contribution is -2.42. The number of benzene rings is 1. The maximum absolute atomic E-state index is 12.1. The van der Waals surface area contributed by atoms with Gasteiger partial charge in [-0.3, -0.25) is 4.79 Å². The molecule has 1 saturated heterocycles. The van der Waals surface area contributed by atoms with Crippen LogP contribution < -0.4 is 0 Å². The quantitative estimate of drug-likeness (QED) is 0.775. The van der Waals surface area contributed by atoms with E-state index in [1.165, 1.54) is 11.3 Å². The maximum atomic E-state index is 12.1. The molecule has 0 unspecified atom stereocenters. The van der Waals surface area contributed by atoms with Gasteiger partial charge in [-0.05, 0) is 50.5 Å². The van der Waals surface area contributed by atoms with Crippen molar-refractivity contribution in [2.45, 2.75) is 43.5 Å². The zero-order valence-electron chi connectivity index (χ0n) is 11.3. The van der Waals surface area contributed by atoms with E-state index in [0.29, 0.717) is 18.4 Å². The second-order valence-electron chi connectivity index (χ2n) is 4.98. The molecule has 2 nitrogen and oxygen atoms in total. The van der Waals surface area contributed by atoms with Crippen LogP contribution in [0.25, 0.3) is 0 Å². The van der Waals surface area contributed by atoms with Crippen LogP contribution in [-0.4, -0.2) is 29.1 Å². The van der Waals surface area contributed by atoms with Crippen LogP contribution in [0.15, 0.2) is 29.2 Å². The van der Waals surface area contributed by atoms with Gasteiger partial charge in [0.15, 0.2) is 0 Å². The Morgan fingerprint density at radius 3 is 2.79 bits per heavy atom. The highest BCUT2D eigenvalue weighted by Gasteiger charge is 2.22. The van der Waals surface area contributed by atoms with E-state index in [1.807, 2.05) is 29.2 Å². The highest BCUT2D eigenvalue weighted by atomic mass is 35.5. The van der Waals surface area contributed by atoms with Crippen LogP contribution in [0, 0.1) is 0 Å². The van der Waals surface area contributed by atoms with Gasteiger partial charge in [0, 0.05) is 34.7 Å². The van der Waals surface area contributed by atoms with E-state index in [1.54, 1.807) is 11.8 Å². The first-order valence-corrected chi connectivity index (χ1v) is 8.21. The second-order valence-corrected chi connectivity index (χ2v) is 6.59. The Hall–Kier alpha value is -0.670. The average molecular weight is 298 g/mol. The molecule has 1 atom stereocenters. The molecule has 1 aromatic carbocycles. The number of thioether (sulfide) groups is 1. The number of nitrogens with zero attached hydrogens (tertiary/aromatic N) is 1. The van der Waals surface area contributed by atoms with Gasteiger partial charge in [0.25, 0.3) is 0 Å². The first kappa shape index (κ1) is 14.7. The van der Waals surface area contributed by atoms with Crippen molar-refractivity contribution < 1.29 is 4.79 Å². The molecule has 0 N–H and O–H groups in total. The predicted molar refractivity (Wildman–Crippen MR) is 81.8 cm³/mol. The third-order valence-corrected chi connectivity index (χ3v) is 4.79. The van der Waals surface area contributed by atoms with E-state index in [2.05, 4.69) is 6.92 Å². The van der Waals surface area contributed by atoms with Gasteiger partial charge in [-0.25, -0.2) is 0 Å². The molecule has 2 rings (SSSR count). The summed E-state index contributed by atoms with van der Waals surface area (Å²) in [5.74, 6) is 1.14. The van der Waals surface area contributed by atoms with Crippen LogP contribution in [0.4, 0.5) is 0 Å². The van der Waals surface area contributed by atoms with Crippen molar-refractivity contribution in [1.29, 1.82) is 0 Å². The maximum Gasteiger partial charge on any atom is 0.223 e. The van der Waals surface area contributed by atoms with E-state index in [0.717, 1.165) is 30.2 Å². The summed E-state index contributed by atoms with van der Waals surface area (Å²) in [6.07, 6.45) is 4.18. The highest BCUT2D eigenvalue weighted by Crippen LogP contribution is 2.22. The predicted octanol–water partition coefficient (Wildman–Crippen LogP) is 4.22. The van der Waals surface area contributed by atoms with Crippen molar-refractivity contribution >= 4 is 29.3 Å². The summed E-state index contributed by atoms with van der Waals surface area (Å²) in [7, 11) is 0. The molecule has 0 saturated carbocycles. The lowest BCUT2D eigenvalue weighted by molar-refractivity contribution is -0.133. The molecule has 104 valence electrons. The molecule has 0 radical (unpaired) electrons. The fourth-order valence-electron chi connectivity index (χ4n) is 2.40. The zero-order chi connectivity index (χ0) is 13.7. The van der Waals surface area contributed by atoms with Gasteiger partial charge in [0.05, 0.1) is 0 Å². The van der Waals surface area contributed by atoms with Gasteiger partial charge in [0.1, 0.15) is 0 Å². The highest BCUT2D eigenvalue weighted by molar-refractivity contribution is 7.99. The third-order valence-electron chi connectivity index (χ3n) is 3.52. The zero-order valence-corrected chi connectivity index (χ0v) is 12.8. The lowest BCUT2D eigenvalue weighted by Gasteiger charge is -2.33. The fraction of sp³-hybridized carbons (Fsp3) is 0.533. The number of carbonyl (C=O) groups is 1. The summed E-state index contributed by atoms with van der Waals surface area (Å²) in [4.78, 5) is 15.4. The SMILES string of the molecule is C[C@H]1CCCCN1C(=O)CCSc1ccc(Cl)cc1. The molecule has 0 aromatic heterocycles. The summed E-state index contributed by atoms with van der Waals surface area (Å²) in [5.41, 5.74) is 0. The van der Waals surface area contributed by atoms with E-state index >= 15 is 0 Å². The Morgan fingerprint density at radius 2 is 2.11 bits per heavy atom. The number of carbonyl (C=O) groups excluding carboxylic acids is 1. The van der Waals surface area contributed by atoms with Crippen LogP contribution in [0.5, 0.6) is 0 Å². The Morgan fingerprint density at radius 1 is 1.37 bits per heavy atom. The summed E-state index contributed by atoms with van der Waals surface area (Å²) in [6.45, 7) is 3.09. The van der Waals surface area contributed by atoms with Crippen molar-refractivity contribution in [2.24, 2.45) is 0 Å². The van der Waals surface area contributed by atoms with Crippen molar-refractivity contribution in [3.8, 4) is 0 Å². The standard InChI is InChI=1S/C15H20ClNOS/c1-12-4-2-3-10-17(12)15(18)9-11-19-14-7-5-13(16)6-8-14/h5-8,12H,2-4,9-11H2,1H3/t12-/m0/s1. The lowest BCUT2D eigenvalue weighted by atomic mass is 10.0. The minimum absolute atomic E-state index is 0.300. The van der Waals surface area contributed by atoms with Crippen LogP contribution in [0.2, 0.25) is 5.02 Å². The summed E-state index contributed by atoms with van der Waals surface area (Å²) in [5, 5.41) is 0.752. The molecule has 1 heterocycles. The number of hydrogen-bond acceptors (Lipinski definition) is 2. The largest absolute Gasteiger partial charge is 0.340 e.